The normalized spacial score (nSPS) is 16.1. The van der Waals surface area contributed by atoms with Gasteiger partial charge in [-0.1, -0.05) is 11.2 Å². The van der Waals surface area contributed by atoms with Gasteiger partial charge in [0.1, 0.15) is 18.1 Å². The Kier molecular flexibility index (Phi) is 6.02. The average Bonchev–Trinajstić information content (AvgIpc) is 3.26. The first-order valence-corrected chi connectivity index (χ1v) is 8.66. The number of amides is 3. The predicted molar refractivity (Wildman–Crippen MR) is 95.8 cm³/mol. The summed E-state index contributed by atoms with van der Waals surface area (Å²) in [5, 5.41) is 8.88. The number of rotatable bonds is 6. The van der Waals surface area contributed by atoms with E-state index in [0.717, 1.165) is 12.8 Å². The molecule has 2 heterocycles. The van der Waals surface area contributed by atoms with Crippen molar-refractivity contribution < 1.29 is 23.2 Å². The van der Waals surface area contributed by atoms with Crippen molar-refractivity contribution in [2.45, 2.75) is 25.9 Å². The van der Waals surface area contributed by atoms with Crippen LogP contribution in [-0.2, 0) is 9.53 Å². The summed E-state index contributed by atoms with van der Waals surface area (Å²) in [7, 11) is 0. The van der Waals surface area contributed by atoms with E-state index < -0.39 is 17.8 Å². The minimum absolute atomic E-state index is 0.134. The summed E-state index contributed by atoms with van der Waals surface area (Å²) in [6, 6.07) is 6.63. The van der Waals surface area contributed by atoms with Gasteiger partial charge in [0.25, 0.3) is 0 Å². The fraction of sp³-hybridized carbons (Fsp3) is 0.389. The average molecular weight is 376 g/mol. The quantitative estimate of drug-likeness (QED) is 0.808. The molecule has 0 unspecified atom stereocenters. The smallest absolute Gasteiger partial charge is 0.322 e. The van der Waals surface area contributed by atoms with E-state index in [2.05, 4.69) is 15.8 Å². The van der Waals surface area contributed by atoms with E-state index in [1.807, 2.05) is 0 Å². The van der Waals surface area contributed by atoms with Gasteiger partial charge >= 0.3 is 6.03 Å². The van der Waals surface area contributed by atoms with Gasteiger partial charge in [-0.3, -0.25) is 4.79 Å². The zero-order chi connectivity index (χ0) is 19.2. The topological polar surface area (TPSA) is 96.7 Å². The van der Waals surface area contributed by atoms with Gasteiger partial charge in [0.15, 0.2) is 5.82 Å². The Balaban J connectivity index is 1.65. The van der Waals surface area contributed by atoms with Crippen LogP contribution in [0.15, 0.2) is 34.9 Å². The number of benzene rings is 1. The molecule has 1 saturated heterocycles. The zero-order valence-corrected chi connectivity index (χ0v) is 14.9. The molecule has 2 N–H and O–H groups in total. The van der Waals surface area contributed by atoms with E-state index in [-0.39, 0.29) is 25.0 Å². The highest BCUT2D eigenvalue weighted by molar-refractivity contribution is 5.96. The number of hydrogen-bond acceptors (Lipinski definition) is 5. The summed E-state index contributed by atoms with van der Waals surface area (Å²) < 4.78 is 23.8. The van der Waals surface area contributed by atoms with Crippen molar-refractivity contribution in [2.24, 2.45) is 0 Å². The maximum absolute atomic E-state index is 13.3. The SMILES string of the molecule is Cc1cc(NC(=O)CN(C[C@@H]2CCCO2)C(=O)Nc2cccc(F)c2)no1. The standard InChI is InChI=1S/C18H21FN4O4/c1-12-8-16(22-27-12)21-17(24)11-23(10-15-6-3-7-26-15)18(25)20-14-5-2-4-13(19)9-14/h2,4-5,8-9,15H,3,6-7,10-11H2,1H3,(H,20,25)(H,21,22,24)/t15-/m0/s1. The van der Waals surface area contributed by atoms with Crippen molar-refractivity contribution in [1.82, 2.24) is 10.1 Å². The molecule has 3 amide bonds. The minimum Gasteiger partial charge on any atom is -0.376 e. The molecule has 1 aromatic carbocycles. The molecule has 0 spiro atoms. The molecular weight excluding hydrogens is 355 g/mol. The molecule has 0 aliphatic carbocycles. The number of ether oxygens (including phenoxy) is 1. The molecule has 2 aromatic rings. The zero-order valence-electron chi connectivity index (χ0n) is 14.9. The Morgan fingerprint density at radius 1 is 1.33 bits per heavy atom. The molecule has 0 saturated carbocycles. The second-order valence-electron chi connectivity index (χ2n) is 6.33. The van der Waals surface area contributed by atoms with Crippen molar-refractivity contribution >= 4 is 23.4 Å². The summed E-state index contributed by atoms with van der Waals surface area (Å²) in [5.74, 6) is -0.0428. The molecule has 8 nitrogen and oxygen atoms in total. The number of nitrogens with one attached hydrogen (secondary N) is 2. The van der Waals surface area contributed by atoms with Gasteiger partial charge in [-0.25, -0.2) is 9.18 Å². The summed E-state index contributed by atoms with van der Waals surface area (Å²) in [6.07, 6.45) is 1.59. The highest BCUT2D eigenvalue weighted by Gasteiger charge is 2.25. The Hall–Kier alpha value is -2.94. The van der Waals surface area contributed by atoms with E-state index in [1.165, 1.54) is 23.1 Å². The molecule has 1 aromatic heterocycles. The van der Waals surface area contributed by atoms with Gasteiger partial charge < -0.3 is 24.8 Å². The Morgan fingerprint density at radius 3 is 2.85 bits per heavy atom. The van der Waals surface area contributed by atoms with Gasteiger partial charge in [-0.2, -0.15) is 0 Å². The number of carbonyl (C=O) groups excluding carboxylic acids is 2. The van der Waals surface area contributed by atoms with Crippen LogP contribution in [-0.4, -0.2) is 47.8 Å². The second kappa shape index (κ2) is 8.63. The molecule has 27 heavy (non-hydrogen) atoms. The van der Waals surface area contributed by atoms with E-state index in [0.29, 0.717) is 18.1 Å². The van der Waals surface area contributed by atoms with Crippen LogP contribution in [0.25, 0.3) is 0 Å². The minimum atomic E-state index is -0.511. The van der Waals surface area contributed by atoms with Crippen LogP contribution in [0.1, 0.15) is 18.6 Å². The number of aryl methyl sites for hydroxylation is 1. The Morgan fingerprint density at radius 2 is 2.19 bits per heavy atom. The van der Waals surface area contributed by atoms with Gasteiger partial charge in [0.2, 0.25) is 5.91 Å². The van der Waals surface area contributed by atoms with Crippen molar-refractivity contribution in [1.29, 1.82) is 0 Å². The lowest BCUT2D eigenvalue weighted by Gasteiger charge is -2.25. The highest BCUT2D eigenvalue weighted by atomic mass is 19.1. The summed E-state index contributed by atoms with van der Waals surface area (Å²) >= 11 is 0. The molecule has 1 aliphatic rings. The number of nitrogens with zero attached hydrogens (tertiary/aromatic N) is 2. The molecular formula is C18H21FN4O4. The lowest BCUT2D eigenvalue weighted by atomic mass is 10.2. The van der Waals surface area contributed by atoms with E-state index in [4.69, 9.17) is 9.26 Å². The highest BCUT2D eigenvalue weighted by Crippen LogP contribution is 2.16. The first-order chi connectivity index (χ1) is 13.0. The molecule has 0 bridgehead atoms. The largest absolute Gasteiger partial charge is 0.376 e. The third-order valence-corrected chi connectivity index (χ3v) is 4.04. The number of hydrogen-bond donors (Lipinski definition) is 2. The van der Waals surface area contributed by atoms with E-state index >= 15 is 0 Å². The lowest BCUT2D eigenvalue weighted by Crippen LogP contribution is -2.44. The van der Waals surface area contributed by atoms with E-state index in [1.54, 1.807) is 19.1 Å². The van der Waals surface area contributed by atoms with Gasteiger partial charge in [0.05, 0.1) is 6.10 Å². The van der Waals surface area contributed by atoms with E-state index in [9.17, 15) is 14.0 Å². The molecule has 1 atom stereocenters. The van der Waals surface area contributed by atoms with Gasteiger partial charge in [0, 0.05) is 24.9 Å². The summed E-state index contributed by atoms with van der Waals surface area (Å²) in [5.41, 5.74) is 0.310. The van der Waals surface area contributed by atoms with Crippen molar-refractivity contribution in [3.63, 3.8) is 0 Å². The molecule has 1 aliphatic heterocycles. The molecule has 0 radical (unpaired) electrons. The van der Waals surface area contributed by atoms with Crippen LogP contribution in [0.4, 0.5) is 20.7 Å². The molecule has 1 fully saturated rings. The predicted octanol–water partition coefficient (Wildman–Crippen LogP) is 2.77. The Labute approximate surface area is 155 Å². The van der Waals surface area contributed by atoms with Crippen LogP contribution in [0.2, 0.25) is 0 Å². The van der Waals surface area contributed by atoms with Crippen LogP contribution in [0, 0.1) is 12.7 Å². The third-order valence-electron chi connectivity index (χ3n) is 4.04. The van der Waals surface area contributed by atoms with Crippen molar-refractivity contribution in [2.75, 3.05) is 30.3 Å². The summed E-state index contributed by atoms with van der Waals surface area (Å²) in [4.78, 5) is 26.3. The first-order valence-electron chi connectivity index (χ1n) is 8.66. The Bertz CT molecular complexity index is 804. The van der Waals surface area contributed by atoms with Crippen LogP contribution < -0.4 is 10.6 Å². The maximum atomic E-state index is 13.3. The van der Waals surface area contributed by atoms with Gasteiger partial charge in [-0.05, 0) is 38.0 Å². The van der Waals surface area contributed by atoms with Crippen LogP contribution >= 0.6 is 0 Å². The molecule has 144 valence electrons. The van der Waals surface area contributed by atoms with Crippen molar-refractivity contribution in [3.05, 3.63) is 41.9 Å². The first kappa shape index (κ1) is 18.8. The fourth-order valence-electron chi connectivity index (χ4n) is 2.80. The number of anilines is 2. The fourth-order valence-corrected chi connectivity index (χ4v) is 2.80. The van der Waals surface area contributed by atoms with Crippen LogP contribution in [0.3, 0.4) is 0 Å². The van der Waals surface area contributed by atoms with Crippen LogP contribution in [0.5, 0.6) is 0 Å². The van der Waals surface area contributed by atoms with Crippen molar-refractivity contribution in [3.8, 4) is 0 Å². The number of urea groups is 1. The monoisotopic (exact) mass is 376 g/mol. The number of halogens is 1. The lowest BCUT2D eigenvalue weighted by molar-refractivity contribution is -0.117. The second-order valence-corrected chi connectivity index (χ2v) is 6.33. The molecule has 9 heteroatoms. The number of carbonyl (C=O) groups is 2. The third kappa shape index (κ3) is 5.52. The van der Waals surface area contributed by atoms with Gasteiger partial charge in [-0.15, -0.1) is 0 Å². The summed E-state index contributed by atoms with van der Waals surface area (Å²) in [6.45, 7) is 2.40. The maximum Gasteiger partial charge on any atom is 0.322 e. The molecule has 3 rings (SSSR count). The number of aromatic nitrogens is 1.